The number of nitrogens with one attached hydrogen (secondary N) is 1. The third-order valence-electron chi connectivity index (χ3n) is 1.64. The molecule has 0 spiro atoms. The summed E-state index contributed by atoms with van der Waals surface area (Å²) in [5.74, 6) is 2.73. The Kier molecular flexibility index (Phi) is 3.72. The van der Waals surface area contributed by atoms with E-state index in [1.165, 1.54) is 0 Å². The highest BCUT2D eigenvalue weighted by atomic mass is 127. The third-order valence-corrected chi connectivity index (χ3v) is 2.77. The normalized spacial score (nSPS) is 19.1. The molecule has 0 saturated heterocycles. The smallest absolute Gasteiger partial charge is 0.140 e. The van der Waals surface area contributed by atoms with Gasteiger partial charge in [-0.2, -0.15) is 0 Å². The fourth-order valence-electron chi connectivity index (χ4n) is 1.02. The molecule has 1 aliphatic heterocycles. The zero-order valence-electron chi connectivity index (χ0n) is 7.22. The van der Waals surface area contributed by atoms with Crippen molar-refractivity contribution < 1.29 is 0 Å². The summed E-state index contributed by atoms with van der Waals surface area (Å²) in [4.78, 5) is 5.23. The molecule has 0 fully saturated rings. The van der Waals surface area contributed by atoms with E-state index in [-0.39, 0.29) is 11.0 Å². The lowest BCUT2D eigenvalue weighted by molar-refractivity contribution is 0.642. The average molecular weight is 320 g/mol. The Morgan fingerprint density at radius 1 is 1.86 bits per heavy atom. The van der Waals surface area contributed by atoms with Gasteiger partial charge in [-0.15, -0.1) is 6.42 Å². The van der Waals surface area contributed by atoms with Gasteiger partial charge in [0.15, 0.2) is 0 Å². The first-order valence-electron chi connectivity index (χ1n) is 3.65. The summed E-state index contributed by atoms with van der Waals surface area (Å²) in [6.45, 7) is 3.68. The summed E-state index contributed by atoms with van der Waals surface area (Å²) in [6, 6.07) is 0. The predicted octanol–water partition coefficient (Wildman–Crippen LogP) is 2.34. The van der Waals surface area contributed by atoms with E-state index in [0.29, 0.717) is 12.1 Å². The average Bonchev–Trinajstić information content (AvgIpc) is 2.42. The molecule has 0 saturated carbocycles. The molecule has 0 aromatic carbocycles. The van der Waals surface area contributed by atoms with Crippen molar-refractivity contribution in [3.05, 3.63) is 20.5 Å². The van der Waals surface area contributed by atoms with Gasteiger partial charge in [0.05, 0.1) is 12.1 Å². The minimum Gasteiger partial charge on any atom is -0.320 e. The molecule has 1 heterocycles. The van der Waals surface area contributed by atoms with Crippen LogP contribution in [-0.2, 0) is 0 Å². The number of aliphatic imine (C=N–C) groups is 1. The molecular formula is C9H7ClIN3. The maximum absolute atomic E-state index is 7.77. The monoisotopic (exact) mass is 319 g/mol. The fourth-order valence-corrected chi connectivity index (χ4v) is 2.22. The number of hydrogen-bond donors (Lipinski definition) is 1. The van der Waals surface area contributed by atoms with Crippen LogP contribution in [0.1, 0.15) is 0 Å². The summed E-state index contributed by atoms with van der Waals surface area (Å²) in [6.07, 6.45) is 6.93. The van der Waals surface area contributed by atoms with Crippen molar-refractivity contribution in [2.45, 2.75) is 0 Å². The van der Waals surface area contributed by atoms with Crippen molar-refractivity contribution in [2.75, 3.05) is 6.54 Å². The Labute approximate surface area is 101 Å². The molecule has 0 atom stereocenters. The van der Waals surface area contributed by atoms with Gasteiger partial charge in [0.2, 0.25) is 0 Å². The molecule has 0 aromatic heterocycles. The molecule has 14 heavy (non-hydrogen) atoms. The molecule has 1 N–H and O–H groups in total. The minimum atomic E-state index is 0.232. The second kappa shape index (κ2) is 4.62. The molecule has 0 aliphatic carbocycles. The van der Waals surface area contributed by atoms with Gasteiger partial charge in [-0.3, -0.25) is 10.4 Å². The van der Waals surface area contributed by atoms with Gasteiger partial charge in [0.1, 0.15) is 11.0 Å². The Balaban J connectivity index is 3.08. The van der Waals surface area contributed by atoms with E-state index in [9.17, 15) is 0 Å². The van der Waals surface area contributed by atoms with E-state index in [1.807, 2.05) is 0 Å². The highest BCUT2D eigenvalue weighted by molar-refractivity contribution is 14.1. The van der Waals surface area contributed by atoms with Gasteiger partial charge in [0, 0.05) is 9.78 Å². The number of rotatable bonds is 2. The second-order valence-corrected chi connectivity index (χ2v) is 4.00. The largest absolute Gasteiger partial charge is 0.320 e. The van der Waals surface area contributed by atoms with Gasteiger partial charge in [-0.05, 0) is 29.3 Å². The van der Waals surface area contributed by atoms with E-state index in [1.54, 1.807) is 11.1 Å². The van der Waals surface area contributed by atoms with Crippen LogP contribution in [0.4, 0.5) is 0 Å². The predicted molar refractivity (Wildman–Crippen MR) is 67.8 cm³/mol. The Morgan fingerprint density at radius 2 is 2.50 bits per heavy atom. The van der Waals surface area contributed by atoms with Crippen LogP contribution in [0.5, 0.6) is 0 Å². The molecule has 0 aromatic rings. The molecule has 5 heteroatoms. The quantitative estimate of drug-likeness (QED) is 0.361. The van der Waals surface area contributed by atoms with E-state index in [4.69, 9.17) is 23.4 Å². The van der Waals surface area contributed by atoms with Gasteiger partial charge in [0.25, 0.3) is 0 Å². The van der Waals surface area contributed by atoms with Crippen molar-refractivity contribution in [3.63, 3.8) is 0 Å². The van der Waals surface area contributed by atoms with Crippen LogP contribution in [-0.4, -0.2) is 24.0 Å². The zero-order chi connectivity index (χ0) is 10.7. The van der Waals surface area contributed by atoms with Crippen LogP contribution >= 0.6 is 34.2 Å². The van der Waals surface area contributed by atoms with Gasteiger partial charge >= 0.3 is 0 Å². The topological polar surface area (TPSA) is 39.5 Å². The van der Waals surface area contributed by atoms with Gasteiger partial charge < -0.3 is 4.90 Å². The van der Waals surface area contributed by atoms with Crippen LogP contribution in [0.2, 0.25) is 0 Å². The Bertz CT molecular complexity index is 389. The Hall–Kier alpha value is -0.800. The molecule has 0 unspecified atom stereocenters. The third kappa shape index (κ3) is 1.99. The van der Waals surface area contributed by atoms with Gasteiger partial charge in [-0.1, -0.05) is 17.5 Å². The lowest BCUT2D eigenvalue weighted by atomic mass is 10.3. The summed E-state index contributed by atoms with van der Waals surface area (Å²) < 4.78 is 0.847. The summed E-state index contributed by atoms with van der Waals surface area (Å²) in [5.41, 5.74) is 0.581. The van der Waals surface area contributed by atoms with E-state index in [0.717, 1.165) is 3.58 Å². The molecular weight excluding hydrogens is 312 g/mol. The van der Waals surface area contributed by atoms with Crippen LogP contribution in [0.25, 0.3) is 0 Å². The molecule has 0 radical (unpaired) electrons. The molecule has 3 nitrogen and oxygen atoms in total. The van der Waals surface area contributed by atoms with Crippen molar-refractivity contribution in [1.82, 2.24) is 4.90 Å². The highest BCUT2D eigenvalue weighted by Crippen LogP contribution is 2.31. The van der Waals surface area contributed by atoms with Crippen LogP contribution < -0.4 is 0 Å². The molecule has 0 bridgehead atoms. The number of hydrogen-bond acceptors (Lipinski definition) is 2. The molecule has 1 aliphatic rings. The molecule has 1 rings (SSSR count). The maximum atomic E-state index is 7.77. The number of terminal acetylenes is 1. The molecule has 0 amide bonds. The first-order chi connectivity index (χ1) is 6.61. The highest BCUT2D eigenvalue weighted by Gasteiger charge is 2.24. The lowest BCUT2D eigenvalue weighted by Gasteiger charge is -2.11. The first kappa shape index (κ1) is 11.3. The Morgan fingerprint density at radius 3 is 3.00 bits per heavy atom. The standard InChI is InChI=1S/C9H7ClIN3/c1-3-4-14-5-6(11)7(9(14)12)8(10)13-2/h1,5,12H,2,4H2/b8-7-,12-9?. The molecule has 72 valence electrons. The van der Waals surface area contributed by atoms with E-state index < -0.39 is 0 Å². The SMILES string of the molecule is C#CCN1C=C(I)/C(=C(\Cl)N=C)C1=N. The van der Waals surface area contributed by atoms with Crippen LogP contribution in [0.3, 0.4) is 0 Å². The van der Waals surface area contributed by atoms with Crippen molar-refractivity contribution >= 4 is 46.7 Å². The first-order valence-corrected chi connectivity index (χ1v) is 5.10. The summed E-state index contributed by atoms with van der Waals surface area (Å²) in [7, 11) is 0. The lowest BCUT2D eigenvalue weighted by Crippen LogP contribution is -2.21. The van der Waals surface area contributed by atoms with E-state index >= 15 is 0 Å². The second-order valence-electron chi connectivity index (χ2n) is 2.48. The number of nitrogens with zero attached hydrogens (tertiary/aromatic N) is 2. The van der Waals surface area contributed by atoms with Crippen molar-refractivity contribution in [3.8, 4) is 12.3 Å². The van der Waals surface area contributed by atoms with Crippen LogP contribution in [0, 0.1) is 17.8 Å². The summed E-state index contributed by atoms with van der Waals surface area (Å²) >= 11 is 7.90. The number of halogens is 2. The van der Waals surface area contributed by atoms with Gasteiger partial charge in [-0.25, -0.2) is 0 Å². The van der Waals surface area contributed by atoms with Crippen molar-refractivity contribution in [2.24, 2.45) is 4.99 Å². The number of amidine groups is 1. The van der Waals surface area contributed by atoms with E-state index in [2.05, 4.69) is 40.2 Å². The minimum absolute atomic E-state index is 0.232. The van der Waals surface area contributed by atoms with Crippen molar-refractivity contribution in [1.29, 1.82) is 5.41 Å². The van der Waals surface area contributed by atoms with Crippen LogP contribution in [0.15, 0.2) is 25.5 Å². The zero-order valence-corrected chi connectivity index (χ0v) is 10.1. The fraction of sp³-hybridized carbons (Fsp3) is 0.111. The maximum Gasteiger partial charge on any atom is 0.140 e. The summed E-state index contributed by atoms with van der Waals surface area (Å²) in [5, 5.41) is 8.01.